The molecule has 1 heterocycles. The third-order valence-electron chi connectivity index (χ3n) is 3.35. The molecule has 5 heteroatoms. The highest BCUT2D eigenvalue weighted by Gasteiger charge is 2.22. The monoisotopic (exact) mass is 308 g/mol. The van der Waals surface area contributed by atoms with Crippen molar-refractivity contribution in [3.63, 3.8) is 0 Å². The molecule has 106 valence electrons. The zero-order chi connectivity index (χ0) is 14.9. The van der Waals surface area contributed by atoms with Crippen molar-refractivity contribution in [2.45, 2.75) is 26.8 Å². The number of benzene rings is 1. The van der Waals surface area contributed by atoms with Crippen LogP contribution in [0.5, 0.6) is 0 Å². The van der Waals surface area contributed by atoms with Gasteiger partial charge < -0.3 is 4.90 Å². The van der Waals surface area contributed by atoms with E-state index < -0.39 is 0 Å². The zero-order valence-electron chi connectivity index (χ0n) is 12.0. The van der Waals surface area contributed by atoms with E-state index in [4.69, 9.17) is 11.6 Å². The molecule has 0 fully saturated rings. The number of hydrogen-bond donors (Lipinski definition) is 0. The maximum Gasteiger partial charge on any atom is 0.266 e. The fraction of sp³-hybridized carbons (Fsp3) is 0.333. The van der Waals surface area contributed by atoms with Crippen LogP contribution >= 0.6 is 22.9 Å². The van der Waals surface area contributed by atoms with Crippen LogP contribution in [0.4, 0.5) is 0 Å². The summed E-state index contributed by atoms with van der Waals surface area (Å²) in [6.45, 7) is 5.79. The average molecular weight is 309 g/mol. The molecule has 1 aromatic carbocycles. The van der Waals surface area contributed by atoms with E-state index in [-0.39, 0.29) is 11.9 Å². The number of aryl methyl sites for hydroxylation is 2. The minimum Gasteiger partial charge on any atom is -0.334 e. The summed E-state index contributed by atoms with van der Waals surface area (Å²) < 4.78 is 0. The summed E-state index contributed by atoms with van der Waals surface area (Å²) in [6, 6.07) is 7.56. The molecule has 2 aromatic rings. The first kappa shape index (κ1) is 15.0. The Kier molecular flexibility index (Phi) is 4.45. The van der Waals surface area contributed by atoms with Crippen LogP contribution in [0.3, 0.4) is 0 Å². The van der Waals surface area contributed by atoms with Crippen molar-refractivity contribution in [2.24, 2.45) is 0 Å². The van der Waals surface area contributed by atoms with Crippen molar-refractivity contribution < 1.29 is 4.79 Å². The molecule has 0 spiro atoms. The van der Waals surface area contributed by atoms with E-state index >= 15 is 0 Å². The van der Waals surface area contributed by atoms with Crippen LogP contribution in [0.1, 0.15) is 38.9 Å². The van der Waals surface area contributed by atoms with Gasteiger partial charge in [0.05, 0.1) is 16.7 Å². The first-order valence-electron chi connectivity index (χ1n) is 6.36. The van der Waals surface area contributed by atoms with E-state index in [0.717, 1.165) is 16.3 Å². The molecule has 0 aliphatic heterocycles. The maximum absolute atomic E-state index is 12.5. The molecular weight excluding hydrogens is 292 g/mol. The fourth-order valence-electron chi connectivity index (χ4n) is 2.03. The van der Waals surface area contributed by atoms with Gasteiger partial charge in [-0.15, -0.1) is 11.3 Å². The van der Waals surface area contributed by atoms with E-state index in [1.165, 1.54) is 11.3 Å². The quantitative estimate of drug-likeness (QED) is 0.849. The number of hydrogen-bond acceptors (Lipinski definition) is 3. The highest BCUT2D eigenvalue weighted by molar-refractivity contribution is 7.13. The molecule has 2 rings (SSSR count). The van der Waals surface area contributed by atoms with Crippen LogP contribution in [0.25, 0.3) is 0 Å². The van der Waals surface area contributed by atoms with Crippen LogP contribution in [0.15, 0.2) is 24.3 Å². The van der Waals surface area contributed by atoms with E-state index in [2.05, 4.69) is 4.98 Å². The van der Waals surface area contributed by atoms with E-state index in [1.54, 1.807) is 4.90 Å². The second kappa shape index (κ2) is 5.94. The largest absolute Gasteiger partial charge is 0.334 e. The van der Waals surface area contributed by atoms with Gasteiger partial charge in [-0.1, -0.05) is 23.7 Å². The van der Waals surface area contributed by atoms with Gasteiger partial charge in [-0.05, 0) is 38.5 Å². The minimum absolute atomic E-state index is 0.00977. The molecule has 0 bridgehead atoms. The summed E-state index contributed by atoms with van der Waals surface area (Å²) in [5, 5.41) is 1.61. The van der Waals surface area contributed by atoms with E-state index in [9.17, 15) is 4.79 Å². The zero-order valence-corrected chi connectivity index (χ0v) is 13.5. The molecule has 1 aromatic heterocycles. The van der Waals surface area contributed by atoms with Gasteiger partial charge in [-0.25, -0.2) is 4.98 Å². The lowest BCUT2D eigenvalue weighted by atomic mass is 10.1. The van der Waals surface area contributed by atoms with Crippen molar-refractivity contribution in [3.8, 4) is 0 Å². The van der Waals surface area contributed by atoms with Gasteiger partial charge in [-0.2, -0.15) is 0 Å². The first-order chi connectivity index (χ1) is 9.40. The van der Waals surface area contributed by atoms with E-state index in [0.29, 0.717) is 9.90 Å². The number of thiazole rings is 1. The van der Waals surface area contributed by atoms with Crippen molar-refractivity contribution in [1.29, 1.82) is 0 Å². The molecule has 3 nitrogen and oxygen atoms in total. The first-order valence-corrected chi connectivity index (χ1v) is 7.56. The predicted octanol–water partition coefficient (Wildman–Crippen LogP) is 4.25. The fourth-order valence-corrected chi connectivity index (χ4v) is 3.06. The molecule has 20 heavy (non-hydrogen) atoms. The van der Waals surface area contributed by atoms with Gasteiger partial charge >= 0.3 is 0 Å². The molecule has 0 saturated heterocycles. The average Bonchev–Trinajstić information content (AvgIpc) is 2.76. The van der Waals surface area contributed by atoms with Crippen LogP contribution in [0.2, 0.25) is 5.02 Å². The molecule has 1 atom stereocenters. The molecule has 0 N–H and O–H groups in total. The Bertz CT molecular complexity index is 621. The number of halogens is 1. The van der Waals surface area contributed by atoms with Gasteiger partial charge in [0, 0.05) is 12.1 Å². The number of aromatic nitrogens is 1. The highest BCUT2D eigenvalue weighted by Crippen LogP contribution is 2.25. The number of carbonyl (C=O) groups is 1. The maximum atomic E-state index is 12.5. The lowest BCUT2D eigenvalue weighted by Crippen LogP contribution is -2.29. The van der Waals surface area contributed by atoms with Gasteiger partial charge in [0.1, 0.15) is 4.88 Å². The van der Waals surface area contributed by atoms with Crippen molar-refractivity contribution in [2.75, 3.05) is 7.05 Å². The number of amides is 1. The Hall–Kier alpha value is -1.39. The normalized spacial score (nSPS) is 12.2. The van der Waals surface area contributed by atoms with Gasteiger partial charge in [0.15, 0.2) is 0 Å². The summed E-state index contributed by atoms with van der Waals surface area (Å²) >= 11 is 7.33. The van der Waals surface area contributed by atoms with Crippen molar-refractivity contribution >= 4 is 28.8 Å². The van der Waals surface area contributed by atoms with Gasteiger partial charge in [0.25, 0.3) is 5.91 Å². The van der Waals surface area contributed by atoms with Crippen LogP contribution in [-0.2, 0) is 0 Å². The number of rotatable bonds is 3. The lowest BCUT2D eigenvalue weighted by Gasteiger charge is -2.25. The predicted molar refractivity (Wildman–Crippen MR) is 83.5 cm³/mol. The Labute approximate surface area is 128 Å². The summed E-state index contributed by atoms with van der Waals surface area (Å²) in [4.78, 5) is 19.3. The number of nitrogens with zero attached hydrogens (tertiary/aromatic N) is 2. The third kappa shape index (κ3) is 3.02. The number of carbonyl (C=O) groups excluding carboxylic acids is 1. The molecule has 0 radical (unpaired) electrons. The second-order valence-corrected chi connectivity index (χ2v) is 6.43. The van der Waals surface area contributed by atoms with Crippen LogP contribution in [-0.4, -0.2) is 22.8 Å². The molecule has 1 unspecified atom stereocenters. The topological polar surface area (TPSA) is 33.2 Å². The summed E-state index contributed by atoms with van der Waals surface area (Å²) in [5.41, 5.74) is 1.86. The molecule has 1 amide bonds. The van der Waals surface area contributed by atoms with Crippen molar-refractivity contribution in [3.05, 3.63) is 50.4 Å². The summed E-state index contributed by atoms with van der Waals surface area (Å²) in [5.74, 6) is 0.00977. The molecule has 0 aliphatic rings. The Balaban J connectivity index is 2.22. The van der Waals surface area contributed by atoms with Crippen LogP contribution in [0, 0.1) is 13.8 Å². The molecule has 0 aliphatic carbocycles. The second-order valence-electron chi connectivity index (χ2n) is 4.79. The summed E-state index contributed by atoms with van der Waals surface area (Å²) in [6.07, 6.45) is 0. The SMILES string of the molecule is Cc1nc(C)c(C(=O)N(C)C(C)c2ccc(Cl)cc2)s1. The molecule has 0 saturated carbocycles. The van der Waals surface area contributed by atoms with Crippen LogP contribution < -0.4 is 0 Å². The third-order valence-corrected chi connectivity index (χ3v) is 4.66. The minimum atomic E-state index is -0.0124. The Morgan fingerprint density at radius 2 is 1.90 bits per heavy atom. The lowest BCUT2D eigenvalue weighted by molar-refractivity contribution is 0.0746. The van der Waals surface area contributed by atoms with Gasteiger partial charge in [-0.3, -0.25) is 4.79 Å². The van der Waals surface area contributed by atoms with E-state index in [1.807, 2.05) is 52.1 Å². The molecular formula is C15H17ClN2OS. The smallest absolute Gasteiger partial charge is 0.266 e. The van der Waals surface area contributed by atoms with Gasteiger partial charge in [0.2, 0.25) is 0 Å². The summed E-state index contributed by atoms with van der Waals surface area (Å²) in [7, 11) is 1.82. The highest BCUT2D eigenvalue weighted by atomic mass is 35.5. The van der Waals surface area contributed by atoms with Crippen molar-refractivity contribution in [1.82, 2.24) is 9.88 Å². The Morgan fingerprint density at radius 1 is 1.30 bits per heavy atom. The Morgan fingerprint density at radius 3 is 2.40 bits per heavy atom. The standard InChI is InChI=1S/C15H17ClN2OS/c1-9-14(20-11(3)17-9)15(19)18(4)10(2)12-5-7-13(16)8-6-12/h5-8,10H,1-4H3.